The first-order chi connectivity index (χ1) is 12.3. The number of hydrogen-bond acceptors (Lipinski definition) is 5. The van der Waals surface area contributed by atoms with E-state index in [1.807, 2.05) is 6.07 Å². The summed E-state index contributed by atoms with van der Waals surface area (Å²) in [6, 6.07) is 8.31. The van der Waals surface area contributed by atoms with Gasteiger partial charge in [0.2, 0.25) is 5.95 Å². The van der Waals surface area contributed by atoms with Gasteiger partial charge in [-0.3, -0.25) is 0 Å². The molecule has 1 saturated carbocycles. The van der Waals surface area contributed by atoms with Crippen LogP contribution >= 0.6 is 0 Å². The smallest absolute Gasteiger partial charge is 0.229 e. The third-order valence-corrected chi connectivity index (χ3v) is 4.45. The van der Waals surface area contributed by atoms with Crippen LogP contribution in [0.2, 0.25) is 0 Å². The van der Waals surface area contributed by atoms with E-state index in [1.54, 1.807) is 12.3 Å². The molecule has 0 amide bonds. The lowest BCUT2D eigenvalue weighted by Crippen LogP contribution is -2.09. The van der Waals surface area contributed by atoms with Gasteiger partial charge in [-0.1, -0.05) is 18.2 Å². The Hall–Kier alpha value is -3.13. The van der Waals surface area contributed by atoms with Gasteiger partial charge in [-0.2, -0.15) is 10.2 Å². The molecule has 5 heteroatoms. The van der Waals surface area contributed by atoms with Crippen molar-refractivity contribution < 1.29 is 0 Å². The Bertz CT molecular complexity index is 887. The maximum atomic E-state index is 8.76. The molecular formula is C20H19N5. The average molecular weight is 329 g/mol. The van der Waals surface area contributed by atoms with Gasteiger partial charge in [0.05, 0.1) is 6.07 Å². The second-order valence-electron chi connectivity index (χ2n) is 6.43. The summed E-state index contributed by atoms with van der Waals surface area (Å²) in [6.45, 7) is 0.910. The highest BCUT2D eigenvalue weighted by atomic mass is 15.1. The normalized spacial score (nSPS) is 15.2. The Balaban J connectivity index is 1.56. The van der Waals surface area contributed by atoms with E-state index in [2.05, 4.69) is 51.0 Å². The van der Waals surface area contributed by atoms with Gasteiger partial charge in [-0.05, 0) is 54.5 Å². The Labute approximate surface area is 147 Å². The third-order valence-electron chi connectivity index (χ3n) is 4.45. The predicted octanol–water partition coefficient (Wildman–Crippen LogP) is 4.15. The zero-order valence-corrected chi connectivity index (χ0v) is 13.9. The number of hydrogen-bond donors (Lipinski definition) is 2. The van der Waals surface area contributed by atoms with Crippen LogP contribution in [0.5, 0.6) is 0 Å². The molecule has 1 heterocycles. The van der Waals surface area contributed by atoms with Crippen LogP contribution in [0, 0.1) is 17.2 Å². The molecule has 2 aliphatic rings. The fraction of sp³-hybridized carbons (Fsp3) is 0.250. The Morgan fingerprint density at radius 3 is 3.08 bits per heavy atom. The van der Waals surface area contributed by atoms with E-state index in [1.165, 1.54) is 30.0 Å². The van der Waals surface area contributed by atoms with Crippen molar-refractivity contribution in [3.8, 4) is 6.07 Å². The van der Waals surface area contributed by atoms with Gasteiger partial charge in [0, 0.05) is 30.1 Å². The molecule has 0 aliphatic heterocycles. The molecule has 0 spiro atoms. The van der Waals surface area contributed by atoms with Gasteiger partial charge in [0.1, 0.15) is 5.82 Å². The SMILES string of the molecule is N#C/C=C/c1cnc(Nc2ccc3c(c2)C=CC3)nc1NCC1CC1. The zero-order valence-electron chi connectivity index (χ0n) is 13.9. The lowest BCUT2D eigenvalue weighted by Gasteiger charge is -2.11. The lowest BCUT2D eigenvalue weighted by molar-refractivity contribution is 0.881. The highest BCUT2D eigenvalue weighted by molar-refractivity contribution is 5.69. The van der Waals surface area contributed by atoms with Crippen LogP contribution in [-0.4, -0.2) is 16.5 Å². The molecular weight excluding hydrogens is 310 g/mol. The van der Waals surface area contributed by atoms with Crippen molar-refractivity contribution in [3.05, 3.63) is 53.2 Å². The molecule has 124 valence electrons. The van der Waals surface area contributed by atoms with E-state index in [0.717, 1.165) is 36.0 Å². The summed E-state index contributed by atoms with van der Waals surface area (Å²) in [6.07, 6.45) is 12.8. The van der Waals surface area contributed by atoms with Crippen LogP contribution in [-0.2, 0) is 6.42 Å². The summed E-state index contributed by atoms with van der Waals surface area (Å²) < 4.78 is 0. The van der Waals surface area contributed by atoms with Crippen LogP contribution < -0.4 is 10.6 Å². The highest BCUT2D eigenvalue weighted by Crippen LogP contribution is 2.30. The van der Waals surface area contributed by atoms with Gasteiger partial charge in [-0.15, -0.1) is 0 Å². The standard InChI is InChI=1S/C20H19N5/c21-10-2-5-17-13-23-20(25-19(17)22-12-14-6-7-14)24-18-9-8-15-3-1-4-16(15)11-18/h1-2,4-5,8-9,11,13-14H,3,6-7,12H2,(H2,22,23,24,25)/b5-2+. The van der Waals surface area contributed by atoms with Crippen molar-refractivity contribution in [2.24, 2.45) is 5.92 Å². The molecule has 2 aliphatic carbocycles. The minimum absolute atomic E-state index is 0.550. The van der Waals surface area contributed by atoms with Crippen molar-refractivity contribution in [1.29, 1.82) is 5.26 Å². The van der Waals surface area contributed by atoms with Crippen molar-refractivity contribution >= 4 is 29.6 Å². The number of nitrogens with zero attached hydrogens (tertiary/aromatic N) is 3. The number of aromatic nitrogens is 2. The number of anilines is 3. The van der Waals surface area contributed by atoms with Crippen molar-refractivity contribution in [3.63, 3.8) is 0 Å². The van der Waals surface area contributed by atoms with Gasteiger partial charge in [0.15, 0.2) is 0 Å². The van der Waals surface area contributed by atoms with Crippen molar-refractivity contribution in [1.82, 2.24) is 9.97 Å². The summed E-state index contributed by atoms with van der Waals surface area (Å²) in [5, 5.41) is 15.4. The maximum absolute atomic E-state index is 8.76. The largest absolute Gasteiger partial charge is 0.369 e. The van der Waals surface area contributed by atoms with Crippen LogP contribution in [0.25, 0.3) is 12.2 Å². The summed E-state index contributed by atoms with van der Waals surface area (Å²) in [5.74, 6) is 2.05. The second-order valence-corrected chi connectivity index (χ2v) is 6.43. The Morgan fingerprint density at radius 1 is 1.32 bits per heavy atom. The first-order valence-electron chi connectivity index (χ1n) is 8.55. The molecule has 1 aromatic heterocycles. The summed E-state index contributed by atoms with van der Waals surface area (Å²) >= 11 is 0. The van der Waals surface area contributed by atoms with Crippen LogP contribution in [0.1, 0.15) is 29.5 Å². The number of benzene rings is 1. The minimum Gasteiger partial charge on any atom is -0.369 e. The molecule has 1 fully saturated rings. The van der Waals surface area contributed by atoms with Crippen LogP contribution in [0.4, 0.5) is 17.5 Å². The van der Waals surface area contributed by atoms with Gasteiger partial charge < -0.3 is 10.6 Å². The molecule has 0 saturated heterocycles. The fourth-order valence-electron chi connectivity index (χ4n) is 2.86. The number of allylic oxidation sites excluding steroid dienone is 2. The van der Waals surface area contributed by atoms with Crippen molar-refractivity contribution in [2.75, 3.05) is 17.2 Å². The third kappa shape index (κ3) is 3.69. The van der Waals surface area contributed by atoms with Crippen LogP contribution in [0.3, 0.4) is 0 Å². The monoisotopic (exact) mass is 329 g/mol. The van der Waals surface area contributed by atoms with Gasteiger partial charge >= 0.3 is 0 Å². The molecule has 5 nitrogen and oxygen atoms in total. The number of nitriles is 1. The fourth-order valence-corrected chi connectivity index (χ4v) is 2.86. The van der Waals surface area contributed by atoms with Gasteiger partial charge in [-0.25, -0.2) is 4.98 Å². The first kappa shape index (κ1) is 15.4. The minimum atomic E-state index is 0.550. The lowest BCUT2D eigenvalue weighted by atomic mass is 10.1. The molecule has 4 rings (SSSR count). The van der Waals surface area contributed by atoms with E-state index in [-0.39, 0.29) is 0 Å². The van der Waals surface area contributed by atoms with E-state index in [0.29, 0.717) is 5.95 Å². The second kappa shape index (κ2) is 6.78. The molecule has 0 radical (unpaired) electrons. The van der Waals surface area contributed by atoms with E-state index < -0.39 is 0 Å². The molecule has 0 unspecified atom stereocenters. The molecule has 25 heavy (non-hydrogen) atoms. The Morgan fingerprint density at radius 2 is 2.24 bits per heavy atom. The molecule has 0 bridgehead atoms. The molecule has 2 aromatic rings. The van der Waals surface area contributed by atoms with Crippen molar-refractivity contribution in [2.45, 2.75) is 19.3 Å². The summed E-state index contributed by atoms with van der Waals surface area (Å²) in [5.41, 5.74) is 4.38. The van der Waals surface area contributed by atoms with Gasteiger partial charge in [0.25, 0.3) is 0 Å². The van der Waals surface area contributed by atoms with E-state index >= 15 is 0 Å². The summed E-state index contributed by atoms with van der Waals surface area (Å²) in [7, 11) is 0. The predicted molar refractivity (Wildman–Crippen MR) is 100 cm³/mol. The maximum Gasteiger partial charge on any atom is 0.229 e. The number of fused-ring (bicyclic) bond motifs is 1. The average Bonchev–Trinajstić information content (AvgIpc) is 3.34. The summed E-state index contributed by atoms with van der Waals surface area (Å²) in [4.78, 5) is 8.99. The van der Waals surface area contributed by atoms with Crippen LogP contribution in [0.15, 0.2) is 36.5 Å². The quantitative estimate of drug-likeness (QED) is 0.779. The molecule has 2 N–H and O–H groups in total. The number of nitrogens with one attached hydrogen (secondary N) is 2. The van der Waals surface area contributed by atoms with E-state index in [9.17, 15) is 0 Å². The molecule has 0 atom stereocenters. The molecule has 1 aromatic carbocycles. The first-order valence-corrected chi connectivity index (χ1v) is 8.55. The number of rotatable bonds is 6. The van der Waals surface area contributed by atoms with E-state index in [4.69, 9.17) is 5.26 Å². The Kier molecular flexibility index (Phi) is 4.17. The zero-order chi connectivity index (χ0) is 17.1. The highest BCUT2D eigenvalue weighted by Gasteiger charge is 2.21. The topological polar surface area (TPSA) is 73.6 Å².